The lowest BCUT2D eigenvalue weighted by atomic mass is 9.98. The fraction of sp³-hybridized carbons (Fsp3) is 0.500. The lowest BCUT2D eigenvalue weighted by Crippen LogP contribution is -2.35. The van der Waals surface area contributed by atoms with Crippen molar-refractivity contribution in [2.75, 3.05) is 5.75 Å². The number of benzene rings is 1. The predicted molar refractivity (Wildman–Crippen MR) is 70.6 cm³/mol. The number of nitrogens with two attached hydrogens (primary N) is 1. The largest absolute Gasteiger partial charge is 0.325 e. The molecule has 1 fully saturated rings. The monoisotopic (exact) mass is 269 g/mol. The van der Waals surface area contributed by atoms with Crippen LogP contribution in [0.3, 0.4) is 0 Å². The Morgan fingerprint density at radius 3 is 2.28 bits per heavy atom. The molecule has 1 aliphatic heterocycles. The van der Waals surface area contributed by atoms with Gasteiger partial charge >= 0.3 is 0 Å². The molecule has 1 aromatic carbocycles. The molecule has 3 unspecified atom stereocenters. The van der Waals surface area contributed by atoms with Crippen LogP contribution in [0.4, 0.5) is 0 Å². The zero-order chi connectivity index (χ0) is 13.3. The standard InChI is InChI=1S/C12H19N3O2S/c1-3-18(16,17)10-6-4-9(5-7-10)12-11(13)8(2)14-15-12/h4-8,11-12,14-15H,3,13H2,1-2H3. The summed E-state index contributed by atoms with van der Waals surface area (Å²) in [6.45, 7) is 3.65. The number of rotatable bonds is 3. The number of hydrazine groups is 1. The number of nitrogens with one attached hydrogen (secondary N) is 2. The minimum absolute atomic E-state index is 0.0124. The van der Waals surface area contributed by atoms with Gasteiger partial charge in [0.25, 0.3) is 0 Å². The first-order chi connectivity index (χ1) is 8.45. The van der Waals surface area contributed by atoms with E-state index in [1.54, 1.807) is 19.1 Å². The maximum atomic E-state index is 11.7. The van der Waals surface area contributed by atoms with Gasteiger partial charge in [-0.2, -0.15) is 0 Å². The maximum absolute atomic E-state index is 11.7. The van der Waals surface area contributed by atoms with E-state index in [-0.39, 0.29) is 23.9 Å². The van der Waals surface area contributed by atoms with Gasteiger partial charge in [0, 0.05) is 12.1 Å². The van der Waals surface area contributed by atoms with Crippen LogP contribution in [-0.4, -0.2) is 26.3 Å². The van der Waals surface area contributed by atoms with Gasteiger partial charge in [0.1, 0.15) is 0 Å². The summed E-state index contributed by atoms with van der Waals surface area (Å²) in [4.78, 5) is 0.362. The number of hydrogen-bond donors (Lipinski definition) is 3. The summed E-state index contributed by atoms with van der Waals surface area (Å²) in [6.07, 6.45) is 0. The summed E-state index contributed by atoms with van der Waals surface area (Å²) in [5.74, 6) is 0.117. The highest BCUT2D eigenvalue weighted by Gasteiger charge is 2.30. The second-order valence-corrected chi connectivity index (χ2v) is 6.88. The Bertz CT molecular complexity index is 513. The molecule has 5 nitrogen and oxygen atoms in total. The van der Waals surface area contributed by atoms with Crippen LogP contribution in [0.1, 0.15) is 25.5 Å². The Labute approximate surface area is 108 Å². The molecule has 1 aliphatic rings. The SMILES string of the molecule is CCS(=O)(=O)c1ccc(C2NNC(C)C2N)cc1. The zero-order valence-corrected chi connectivity index (χ0v) is 11.4. The molecule has 6 heteroatoms. The van der Waals surface area contributed by atoms with E-state index in [9.17, 15) is 8.42 Å². The smallest absolute Gasteiger partial charge is 0.178 e. The molecule has 1 saturated heterocycles. The minimum Gasteiger partial charge on any atom is -0.325 e. The lowest BCUT2D eigenvalue weighted by molar-refractivity contribution is 0.549. The van der Waals surface area contributed by atoms with E-state index in [1.807, 2.05) is 19.1 Å². The molecule has 2 rings (SSSR count). The molecular formula is C12H19N3O2S. The fourth-order valence-corrected chi connectivity index (χ4v) is 2.94. The molecule has 0 amide bonds. The molecule has 0 bridgehead atoms. The van der Waals surface area contributed by atoms with Crippen molar-refractivity contribution in [2.45, 2.75) is 36.9 Å². The third-order valence-corrected chi connectivity index (χ3v) is 5.16. The van der Waals surface area contributed by atoms with Crippen molar-refractivity contribution >= 4 is 9.84 Å². The molecule has 0 aromatic heterocycles. The third-order valence-electron chi connectivity index (χ3n) is 3.41. The van der Waals surface area contributed by atoms with Gasteiger partial charge < -0.3 is 5.73 Å². The fourth-order valence-electron chi connectivity index (χ4n) is 2.06. The van der Waals surface area contributed by atoms with Gasteiger partial charge in [-0.05, 0) is 24.6 Å². The Kier molecular flexibility index (Phi) is 3.72. The van der Waals surface area contributed by atoms with Crippen molar-refractivity contribution in [1.82, 2.24) is 10.9 Å². The van der Waals surface area contributed by atoms with Crippen LogP contribution < -0.4 is 16.6 Å². The van der Waals surface area contributed by atoms with Crippen molar-refractivity contribution in [3.05, 3.63) is 29.8 Å². The average molecular weight is 269 g/mol. The molecule has 1 aromatic rings. The van der Waals surface area contributed by atoms with Gasteiger partial charge in [0.05, 0.1) is 16.7 Å². The molecule has 0 radical (unpaired) electrons. The van der Waals surface area contributed by atoms with Crippen LogP contribution in [0.15, 0.2) is 29.2 Å². The first-order valence-electron chi connectivity index (χ1n) is 6.05. The second-order valence-electron chi connectivity index (χ2n) is 4.60. The Morgan fingerprint density at radius 1 is 1.22 bits per heavy atom. The summed E-state index contributed by atoms with van der Waals surface area (Å²) in [7, 11) is -3.13. The Morgan fingerprint density at radius 2 is 1.83 bits per heavy atom. The molecular weight excluding hydrogens is 250 g/mol. The van der Waals surface area contributed by atoms with E-state index in [0.717, 1.165) is 5.56 Å². The van der Waals surface area contributed by atoms with Crippen LogP contribution in [0.2, 0.25) is 0 Å². The van der Waals surface area contributed by atoms with Gasteiger partial charge in [0.2, 0.25) is 0 Å². The Hall–Kier alpha value is -0.950. The van der Waals surface area contributed by atoms with E-state index in [1.165, 1.54) is 0 Å². The highest BCUT2D eigenvalue weighted by molar-refractivity contribution is 7.91. The van der Waals surface area contributed by atoms with E-state index < -0.39 is 9.84 Å². The second kappa shape index (κ2) is 4.97. The quantitative estimate of drug-likeness (QED) is 0.737. The van der Waals surface area contributed by atoms with Crippen molar-refractivity contribution in [1.29, 1.82) is 0 Å². The molecule has 100 valence electrons. The minimum atomic E-state index is -3.13. The van der Waals surface area contributed by atoms with Gasteiger partial charge in [-0.25, -0.2) is 13.8 Å². The summed E-state index contributed by atoms with van der Waals surface area (Å²) in [6, 6.07) is 7.10. The molecule has 0 spiro atoms. The molecule has 1 heterocycles. The van der Waals surface area contributed by atoms with Gasteiger partial charge in [-0.1, -0.05) is 19.1 Å². The average Bonchev–Trinajstić information content (AvgIpc) is 2.70. The molecule has 0 saturated carbocycles. The van der Waals surface area contributed by atoms with E-state index >= 15 is 0 Å². The summed E-state index contributed by atoms with van der Waals surface area (Å²) >= 11 is 0. The van der Waals surface area contributed by atoms with Crippen LogP contribution in [-0.2, 0) is 9.84 Å². The van der Waals surface area contributed by atoms with Crippen molar-refractivity contribution < 1.29 is 8.42 Å². The van der Waals surface area contributed by atoms with E-state index in [2.05, 4.69) is 10.9 Å². The Balaban J connectivity index is 2.24. The lowest BCUT2D eigenvalue weighted by Gasteiger charge is -2.16. The molecule has 18 heavy (non-hydrogen) atoms. The third kappa shape index (κ3) is 2.42. The molecule has 3 atom stereocenters. The molecule has 4 N–H and O–H groups in total. The van der Waals surface area contributed by atoms with E-state index in [4.69, 9.17) is 5.73 Å². The summed E-state index contributed by atoms with van der Waals surface area (Å²) < 4.78 is 23.4. The van der Waals surface area contributed by atoms with Crippen molar-refractivity contribution in [2.24, 2.45) is 5.73 Å². The maximum Gasteiger partial charge on any atom is 0.178 e. The highest BCUT2D eigenvalue weighted by atomic mass is 32.2. The predicted octanol–water partition coefficient (Wildman–Crippen LogP) is 0.345. The van der Waals surface area contributed by atoms with Gasteiger partial charge in [-0.3, -0.25) is 5.43 Å². The summed E-state index contributed by atoms with van der Waals surface area (Å²) in [5, 5.41) is 0. The van der Waals surface area contributed by atoms with Crippen molar-refractivity contribution in [3.63, 3.8) is 0 Å². The number of hydrogen-bond acceptors (Lipinski definition) is 5. The highest BCUT2D eigenvalue weighted by Crippen LogP contribution is 2.23. The zero-order valence-electron chi connectivity index (χ0n) is 10.6. The number of sulfone groups is 1. The first kappa shape index (κ1) is 13.5. The van der Waals surface area contributed by atoms with Crippen LogP contribution in [0.25, 0.3) is 0 Å². The van der Waals surface area contributed by atoms with Crippen molar-refractivity contribution in [3.8, 4) is 0 Å². The van der Waals surface area contributed by atoms with E-state index in [0.29, 0.717) is 4.90 Å². The van der Waals surface area contributed by atoms with Crippen LogP contribution in [0, 0.1) is 0 Å². The van der Waals surface area contributed by atoms with Gasteiger partial charge in [-0.15, -0.1) is 0 Å². The molecule has 0 aliphatic carbocycles. The van der Waals surface area contributed by atoms with Crippen LogP contribution in [0.5, 0.6) is 0 Å². The van der Waals surface area contributed by atoms with Gasteiger partial charge in [0.15, 0.2) is 9.84 Å². The topological polar surface area (TPSA) is 84.2 Å². The first-order valence-corrected chi connectivity index (χ1v) is 7.70. The van der Waals surface area contributed by atoms with Crippen LogP contribution >= 0.6 is 0 Å². The normalized spacial score (nSPS) is 28.5. The summed E-state index contributed by atoms with van der Waals surface area (Å²) in [5.41, 5.74) is 13.3.